The third-order valence-electron chi connectivity index (χ3n) is 5.76. The van der Waals surface area contributed by atoms with Crippen LogP contribution < -0.4 is 9.62 Å². The van der Waals surface area contributed by atoms with Gasteiger partial charge in [0.1, 0.15) is 12.6 Å². The van der Waals surface area contributed by atoms with E-state index in [0.29, 0.717) is 5.69 Å². The van der Waals surface area contributed by atoms with Crippen LogP contribution in [0, 0.1) is 0 Å². The van der Waals surface area contributed by atoms with Gasteiger partial charge in [0, 0.05) is 28.0 Å². The van der Waals surface area contributed by atoms with Crippen molar-refractivity contribution in [3.63, 3.8) is 0 Å². The second-order valence-corrected chi connectivity index (χ2v) is 13.0. The summed E-state index contributed by atoms with van der Waals surface area (Å²) in [5, 5.41) is 2.94. The number of carbonyl (C=O) groups excluding carboxylic acids is 2. The van der Waals surface area contributed by atoms with Crippen molar-refractivity contribution in [3.05, 3.63) is 98.9 Å². The van der Waals surface area contributed by atoms with Gasteiger partial charge in [0.25, 0.3) is 0 Å². The van der Waals surface area contributed by atoms with Gasteiger partial charge in [0.15, 0.2) is 0 Å². The van der Waals surface area contributed by atoms with Gasteiger partial charge >= 0.3 is 0 Å². The SMILES string of the molecule is CC(C)NC(=O)[C@H](Cc1ccccc1)N(Cc1ccc(Br)cc1)C(=O)CN(c1ccc(Br)cc1)S(C)(=O)=O. The first-order valence-corrected chi connectivity index (χ1v) is 15.5. The van der Waals surface area contributed by atoms with Gasteiger partial charge in [-0.25, -0.2) is 8.42 Å². The molecular weight excluding hydrogens is 634 g/mol. The van der Waals surface area contributed by atoms with Crippen molar-refractivity contribution in [3.8, 4) is 0 Å². The maximum atomic E-state index is 14.0. The molecule has 1 atom stereocenters. The Labute approximate surface area is 241 Å². The highest BCUT2D eigenvalue weighted by Crippen LogP contribution is 2.23. The Morgan fingerprint density at radius 1 is 0.842 bits per heavy atom. The predicted molar refractivity (Wildman–Crippen MR) is 158 cm³/mol. The van der Waals surface area contributed by atoms with Crippen molar-refractivity contribution in [2.45, 2.75) is 38.9 Å². The number of nitrogens with zero attached hydrogens (tertiary/aromatic N) is 2. The van der Waals surface area contributed by atoms with Gasteiger partial charge in [-0.05, 0) is 61.4 Å². The Morgan fingerprint density at radius 2 is 1.39 bits per heavy atom. The molecule has 3 rings (SSSR count). The minimum Gasteiger partial charge on any atom is -0.352 e. The number of anilines is 1. The summed E-state index contributed by atoms with van der Waals surface area (Å²) in [6, 6.07) is 22.6. The quantitative estimate of drug-likeness (QED) is 0.308. The lowest BCUT2D eigenvalue weighted by molar-refractivity contribution is -0.140. The van der Waals surface area contributed by atoms with Gasteiger partial charge in [0.05, 0.1) is 11.9 Å². The van der Waals surface area contributed by atoms with E-state index in [2.05, 4.69) is 37.2 Å². The number of sulfonamides is 1. The number of hydrogen-bond acceptors (Lipinski definition) is 4. The van der Waals surface area contributed by atoms with Crippen LogP contribution in [0.1, 0.15) is 25.0 Å². The average Bonchev–Trinajstić information content (AvgIpc) is 2.86. The number of rotatable bonds is 11. The number of amides is 2. The van der Waals surface area contributed by atoms with E-state index < -0.39 is 28.5 Å². The molecule has 3 aromatic carbocycles. The molecule has 10 heteroatoms. The van der Waals surface area contributed by atoms with Gasteiger partial charge in [-0.2, -0.15) is 0 Å². The molecule has 0 aromatic heterocycles. The van der Waals surface area contributed by atoms with Gasteiger partial charge < -0.3 is 10.2 Å². The maximum absolute atomic E-state index is 14.0. The first kappa shape index (κ1) is 29.9. The van der Waals surface area contributed by atoms with Crippen molar-refractivity contribution >= 4 is 59.4 Å². The molecule has 7 nitrogen and oxygen atoms in total. The summed E-state index contributed by atoms with van der Waals surface area (Å²) >= 11 is 6.78. The number of benzene rings is 3. The molecule has 3 aromatic rings. The molecular formula is C28H31Br2N3O4S. The monoisotopic (exact) mass is 663 g/mol. The van der Waals surface area contributed by atoms with Crippen LogP contribution in [0.2, 0.25) is 0 Å². The van der Waals surface area contributed by atoms with E-state index in [1.165, 1.54) is 4.90 Å². The van der Waals surface area contributed by atoms with Crippen LogP contribution in [0.25, 0.3) is 0 Å². The Morgan fingerprint density at radius 3 is 1.92 bits per heavy atom. The molecule has 38 heavy (non-hydrogen) atoms. The predicted octanol–water partition coefficient (Wildman–Crippen LogP) is 5.14. The molecule has 0 aliphatic heterocycles. The van der Waals surface area contributed by atoms with Crippen LogP contribution in [0.3, 0.4) is 0 Å². The summed E-state index contributed by atoms with van der Waals surface area (Å²) in [5.74, 6) is -0.787. The summed E-state index contributed by atoms with van der Waals surface area (Å²) in [4.78, 5) is 28.9. The van der Waals surface area contributed by atoms with Crippen LogP contribution in [0.15, 0.2) is 87.8 Å². The van der Waals surface area contributed by atoms with E-state index in [9.17, 15) is 18.0 Å². The Kier molecular flexibility index (Phi) is 10.5. The first-order valence-electron chi connectivity index (χ1n) is 12.1. The molecule has 0 unspecified atom stereocenters. The smallest absolute Gasteiger partial charge is 0.244 e. The normalized spacial score (nSPS) is 12.2. The molecule has 2 amide bonds. The van der Waals surface area contributed by atoms with Crippen molar-refractivity contribution < 1.29 is 18.0 Å². The molecule has 0 spiro atoms. The molecule has 0 saturated carbocycles. The molecule has 202 valence electrons. The lowest BCUT2D eigenvalue weighted by atomic mass is 10.0. The van der Waals surface area contributed by atoms with E-state index >= 15 is 0 Å². The Balaban J connectivity index is 2.04. The summed E-state index contributed by atoms with van der Waals surface area (Å²) in [6.45, 7) is 3.40. The zero-order chi connectivity index (χ0) is 27.9. The second kappa shape index (κ2) is 13.4. The number of halogens is 2. The van der Waals surface area contributed by atoms with Crippen LogP contribution in [0.5, 0.6) is 0 Å². The fourth-order valence-electron chi connectivity index (χ4n) is 3.94. The second-order valence-electron chi connectivity index (χ2n) is 9.26. The van der Waals surface area contributed by atoms with Gasteiger partial charge in [-0.1, -0.05) is 74.3 Å². The van der Waals surface area contributed by atoms with E-state index in [1.807, 2.05) is 68.4 Å². The minimum atomic E-state index is -3.80. The summed E-state index contributed by atoms with van der Waals surface area (Å²) in [6.07, 6.45) is 1.34. The minimum absolute atomic E-state index is 0.132. The molecule has 0 aliphatic rings. The fourth-order valence-corrected chi connectivity index (χ4v) is 5.32. The molecule has 0 saturated heterocycles. The van der Waals surface area contributed by atoms with Crippen molar-refractivity contribution in [2.75, 3.05) is 17.1 Å². The molecule has 1 N–H and O–H groups in total. The summed E-state index contributed by atoms with van der Waals surface area (Å²) in [7, 11) is -3.80. The van der Waals surface area contributed by atoms with Crippen LogP contribution >= 0.6 is 31.9 Å². The number of carbonyl (C=O) groups is 2. The standard InChI is InChI=1S/C28H31Br2N3O4S/c1-20(2)31-28(35)26(17-21-7-5-4-6-8-21)32(18-22-9-11-23(29)12-10-22)27(34)19-33(38(3,36)37)25-15-13-24(30)14-16-25/h4-16,20,26H,17-19H2,1-3H3,(H,31,35)/t26-/m0/s1. The summed E-state index contributed by atoms with van der Waals surface area (Å²) in [5.41, 5.74) is 2.06. The largest absolute Gasteiger partial charge is 0.352 e. The first-order chi connectivity index (χ1) is 17.9. The molecule has 0 bridgehead atoms. The Bertz CT molecular complexity index is 1330. The topological polar surface area (TPSA) is 86.8 Å². The maximum Gasteiger partial charge on any atom is 0.244 e. The highest BCUT2D eigenvalue weighted by Gasteiger charge is 2.33. The highest BCUT2D eigenvalue weighted by atomic mass is 79.9. The lowest BCUT2D eigenvalue weighted by Crippen LogP contribution is -2.54. The van der Waals surface area contributed by atoms with E-state index in [0.717, 1.165) is 30.6 Å². The van der Waals surface area contributed by atoms with E-state index in [-0.39, 0.29) is 24.9 Å². The zero-order valence-electron chi connectivity index (χ0n) is 21.5. The van der Waals surface area contributed by atoms with Crippen LogP contribution in [0.4, 0.5) is 5.69 Å². The fraction of sp³-hybridized carbons (Fsp3) is 0.286. The average molecular weight is 665 g/mol. The lowest BCUT2D eigenvalue weighted by Gasteiger charge is -2.34. The molecule has 0 aliphatic carbocycles. The molecule has 0 heterocycles. The van der Waals surface area contributed by atoms with Gasteiger partial charge in [-0.15, -0.1) is 0 Å². The van der Waals surface area contributed by atoms with E-state index in [4.69, 9.17) is 0 Å². The molecule has 0 fully saturated rings. The zero-order valence-corrected chi connectivity index (χ0v) is 25.5. The van der Waals surface area contributed by atoms with Crippen molar-refractivity contribution in [1.29, 1.82) is 0 Å². The third kappa shape index (κ3) is 8.68. The summed E-state index contributed by atoms with van der Waals surface area (Å²) < 4.78 is 28.3. The van der Waals surface area contributed by atoms with Crippen LogP contribution in [-0.2, 0) is 32.6 Å². The van der Waals surface area contributed by atoms with Crippen molar-refractivity contribution in [1.82, 2.24) is 10.2 Å². The highest BCUT2D eigenvalue weighted by molar-refractivity contribution is 9.10. The van der Waals surface area contributed by atoms with Gasteiger partial charge in [-0.3, -0.25) is 13.9 Å². The van der Waals surface area contributed by atoms with Crippen LogP contribution in [-0.4, -0.2) is 50.0 Å². The number of hydrogen-bond donors (Lipinski definition) is 1. The van der Waals surface area contributed by atoms with E-state index in [1.54, 1.807) is 24.3 Å². The Hall–Kier alpha value is -2.69. The van der Waals surface area contributed by atoms with Gasteiger partial charge in [0.2, 0.25) is 21.8 Å². The third-order valence-corrected chi connectivity index (χ3v) is 7.96. The number of nitrogens with one attached hydrogen (secondary N) is 1. The van der Waals surface area contributed by atoms with Crippen molar-refractivity contribution in [2.24, 2.45) is 0 Å². The molecule has 0 radical (unpaired) electrons.